The molecule has 0 aliphatic heterocycles. The molecule has 0 aromatic heterocycles. The quantitative estimate of drug-likeness (QED) is 0.417. The van der Waals surface area contributed by atoms with Crippen LogP contribution in [0.2, 0.25) is 0 Å². The van der Waals surface area contributed by atoms with E-state index >= 15 is 0 Å². The molecule has 166 valence electrons. The lowest BCUT2D eigenvalue weighted by Crippen LogP contribution is -2.31. The van der Waals surface area contributed by atoms with E-state index in [0.717, 1.165) is 29.6 Å². The van der Waals surface area contributed by atoms with Gasteiger partial charge in [0.15, 0.2) is 5.78 Å². The first-order chi connectivity index (χ1) is 13.6. The van der Waals surface area contributed by atoms with E-state index in [1.807, 2.05) is 6.07 Å². The van der Waals surface area contributed by atoms with Crippen molar-refractivity contribution < 1.29 is 28.5 Å². The number of rotatable bonds is 8. The summed E-state index contributed by atoms with van der Waals surface area (Å²) < 4.78 is 26.4. The maximum atomic E-state index is 13.8. The highest BCUT2D eigenvalue weighted by Gasteiger charge is 2.40. The van der Waals surface area contributed by atoms with Crippen LogP contribution in [0.3, 0.4) is 0 Å². The van der Waals surface area contributed by atoms with Crippen molar-refractivity contribution in [2.75, 3.05) is 12.3 Å². The van der Waals surface area contributed by atoms with E-state index in [2.05, 4.69) is 27.7 Å². The fraction of sp³-hybridized carbons (Fsp3) is 0.565. The second kappa shape index (κ2) is 8.76. The van der Waals surface area contributed by atoms with E-state index in [-0.39, 0.29) is 22.8 Å². The molecule has 0 heterocycles. The SMILES string of the molecule is Cc1cc(C2=C(CCP(=O)(O)CC(=O)CC(=O)O)C(C)(C)CC(C)(C)C2)ccc1F. The zero-order valence-electron chi connectivity index (χ0n) is 18.4. The fourth-order valence-corrected chi connectivity index (χ4v) is 6.22. The van der Waals surface area contributed by atoms with Crippen LogP contribution in [0.5, 0.6) is 0 Å². The van der Waals surface area contributed by atoms with E-state index in [9.17, 15) is 23.4 Å². The van der Waals surface area contributed by atoms with Gasteiger partial charge in [-0.25, -0.2) is 4.39 Å². The fourth-order valence-electron chi connectivity index (χ4n) is 4.82. The molecule has 2 N–H and O–H groups in total. The molecule has 1 unspecified atom stereocenters. The Kier molecular flexibility index (Phi) is 7.15. The van der Waals surface area contributed by atoms with Gasteiger partial charge in [-0.05, 0) is 65.8 Å². The van der Waals surface area contributed by atoms with Gasteiger partial charge in [-0.2, -0.15) is 0 Å². The third kappa shape index (κ3) is 6.36. The molecular formula is C23H32FO5P. The average Bonchev–Trinajstić information content (AvgIpc) is 2.52. The van der Waals surface area contributed by atoms with Crippen molar-refractivity contribution in [3.8, 4) is 0 Å². The Labute approximate surface area is 177 Å². The third-order valence-electron chi connectivity index (χ3n) is 5.75. The van der Waals surface area contributed by atoms with Crippen molar-refractivity contribution in [1.29, 1.82) is 0 Å². The number of allylic oxidation sites excluding steroid dienone is 2. The number of aryl methyl sites for hydroxylation is 1. The zero-order valence-corrected chi connectivity index (χ0v) is 19.3. The maximum absolute atomic E-state index is 13.8. The Morgan fingerprint density at radius 3 is 2.40 bits per heavy atom. The molecule has 7 heteroatoms. The predicted octanol–water partition coefficient (Wildman–Crippen LogP) is 5.44. The molecule has 0 fully saturated rings. The molecule has 1 aliphatic carbocycles. The van der Waals surface area contributed by atoms with Crippen molar-refractivity contribution in [2.24, 2.45) is 10.8 Å². The van der Waals surface area contributed by atoms with Crippen LogP contribution in [-0.4, -0.2) is 34.1 Å². The van der Waals surface area contributed by atoms with Crippen LogP contribution in [0.4, 0.5) is 4.39 Å². The summed E-state index contributed by atoms with van der Waals surface area (Å²) in [5.74, 6) is -2.31. The second-order valence-electron chi connectivity index (χ2n) is 9.91. The number of carboxylic acids is 1. The first-order valence-corrected chi connectivity index (χ1v) is 12.2. The van der Waals surface area contributed by atoms with Crippen molar-refractivity contribution in [3.63, 3.8) is 0 Å². The smallest absolute Gasteiger partial charge is 0.310 e. The number of aliphatic carboxylic acids is 1. The first-order valence-electron chi connectivity index (χ1n) is 10.2. The van der Waals surface area contributed by atoms with Crippen LogP contribution < -0.4 is 0 Å². The van der Waals surface area contributed by atoms with Gasteiger partial charge in [0.1, 0.15) is 12.2 Å². The largest absolute Gasteiger partial charge is 0.481 e. The summed E-state index contributed by atoms with van der Waals surface area (Å²) in [6.07, 6.45) is 0.553. The molecule has 1 aromatic carbocycles. The molecule has 30 heavy (non-hydrogen) atoms. The van der Waals surface area contributed by atoms with Crippen molar-refractivity contribution in [2.45, 2.75) is 60.3 Å². The minimum atomic E-state index is -3.80. The number of carboxylic acid groups (broad SMARTS) is 1. The predicted molar refractivity (Wildman–Crippen MR) is 116 cm³/mol. The standard InChI is InChI=1S/C23H32FO5P/c1-15-10-16(6-7-20(15)24)18-12-22(2,3)14-23(4,5)19(18)8-9-30(28,29)13-17(25)11-21(26)27/h6-7,10H,8-9,11-14H2,1-5H3,(H,26,27)(H,28,29). The Morgan fingerprint density at radius 1 is 1.20 bits per heavy atom. The number of hydrogen-bond acceptors (Lipinski definition) is 3. The minimum Gasteiger partial charge on any atom is -0.481 e. The van der Waals surface area contributed by atoms with Gasteiger partial charge in [0.2, 0.25) is 7.37 Å². The molecule has 0 radical (unpaired) electrons. The number of carbonyl (C=O) groups is 2. The van der Waals surface area contributed by atoms with Crippen LogP contribution in [-0.2, 0) is 14.2 Å². The summed E-state index contributed by atoms with van der Waals surface area (Å²) in [5, 5.41) is 8.71. The van der Waals surface area contributed by atoms with Crippen LogP contribution in [0.25, 0.3) is 5.57 Å². The molecule has 5 nitrogen and oxygen atoms in total. The molecule has 1 atom stereocenters. The van der Waals surface area contributed by atoms with E-state index in [4.69, 9.17) is 5.11 Å². The van der Waals surface area contributed by atoms with Gasteiger partial charge in [0, 0.05) is 6.16 Å². The lowest BCUT2D eigenvalue weighted by molar-refractivity contribution is -0.139. The second-order valence-corrected chi connectivity index (χ2v) is 12.4. The molecule has 0 amide bonds. The Hall–Kier alpha value is -1.78. The zero-order chi connectivity index (χ0) is 22.9. The number of hydrogen-bond donors (Lipinski definition) is 2. The van der Waals surface area contributed by atoms with Gasteiger partial charge in [-0.3, -0.25) is 14.2 Å². The maximum Gasteiger partial charge on any atom is 0.310 e. The minimum absolute atomic E-state index is 0.0188. The van der Waals surface area contributed by atoms with Gasteiger partial charge in [0.25, 0.3) is 0 Å². The summed E-state index contributed by atoms with van der Waals surface area (Å²) in [5.41, 5.74) is 3.37. The highest BCUT2D eigenvalue weighted by Crippen LogP contribution is 2.54. The third-order valence-corrected chi connectivity index (χ3v) is 7.52. The van der Waals surface area contributed by atoms with Crippen LogP contribution >= 0.6 is 7.37 Å². The number of benzene rings is 1. The summed E-state index contributed by atoms with van der Waals surface area (Å²) >= 11 is 0. The molecule has 2 rings (SSSR count). The summed E-state index contributed by atoms with van der Waals surface area (Å²) in [6.45, 7) is 10.3. The normalized spacial score (nSPS) is 20.0. The topological polar surface area (TPSA) is 91.7 Å². The Morgan fingerprint density at radius 2 is 1.83 bits per heavy atom. The number of halogens is 1. The van der Waals surface area contributed by atoms with Gasteiger partial charge in [0.05, 0.1) is 6.16 Å². The van der Waals surface area contributed by atoms with Gasteiger partial charge in [-0.15, -0.1) is 0 Å². The molecule has 1 aromatic rings. The molecule has 1 aliphatic rings. The van der Waals surface area contributed by atoms with Crippen LogP contribution in [0.1, 0.15) is 64.5 Å². The summed E-state index contributed by atoms with van der Waals surface area (Å²) in [6, 6.07) is 5.02. The lowest BCUT2D eigenvalue weighted by atomic mass is 9.61. The molecule has 0 saturated heterocycles. The highest BCUT2D eigenvalue weighted by atomic mass is 31.2. The number of ketones is 1. The van der Waals surface area contributed by atoms with E-state index in [1.54, 1.807) is 13.0 Å². The van der Waals surface area contributed by atoms with E-state index in [1.165, 1.54) is 6.07 Å². The van der Waals surface area contributed by atoms with Crippen molar-refractivity contribution >= 4 is 24.7 Å². The Balaban J connectivity index is 2.38. The Bertz CT molecular complexity index is 930. The van der Waals surface area contributed by atoms with Crippen molar-refractivity contribution in [3.05, 3.63) is 40.7 Å². The first kappa shape index (κ1) is 24.5. The molecular weight excluding hydrogens is 406 g/mol. The van der Waals surface area contributed by atoms with E-state index in [0.29, 0.717) is 12.0 Å². The molecule has 0 bridgehead atoms. The van der Waals surface area contributed by atoms with E-state index < -0.39 is 31.7 Å². The van der Waals surface area contributed by atoms with Gasteiger partial charge >= 0.3 is 5.97 Å². The summed E-state index contributed by atoms with van der Waals surface area (Å²) in [7, 11) is -3.80. The molecule has 0 saturated carbocycles. The number of Topliss-reactive ketones (excluding diaryl/α,β-unsaturated/α-hetero) is 1. The average molecular weight is 438 g/mol. The highest BCUT2D eigenvalue weighted by molar-refractivity contribution is 7.59. The van der Waals surface area contributed by atoms with Gasteiger partial charge in [-0.1, -0.05) is 39.3 Å². The van der Waals surface area contributed by atoms with Crippen LogP contribution in [0, 0.1) is 23.6 Å². The lowest BCUT2D eigenvalue weighted by Gasteiger charge is -2.44. The molecule has 0 spiro atoms. The van der Waals surface area contributed by atoms with Crippen molar-refractivity contribution in [1.82, 2.24) is 0 Å². The van der Waals surface area contributed by atoms with Crippen LogP contribution in [0.15, 0.2) is 23.8 Å². The van der Waals surface area contributed by atoms with Gasteiger partial charge < -0.3 is 10.00 Å². The monoisotopic (exact) mass is 438 g/mol. The number of carbonyl (C=O) groups excluding carboxylic acids is 1. The summed E-state index contributed by atoms with van der Waals surface area (Å²) in [4.78, 5) is 32.7.